The molecule has 1 heterocycles. The lowest BCUT2D eigenvalue weighted by Crippen LogP contribution is -2.31. The first-order chi connectivity index (χ1) is 12.4. The first-order valence-corrected chi connectivity index (χ1v) is 8.77. The molecule has 2 N–H and O–H groups in total. The normalized spacial score (nSPS) is 18.7. The first-order valence-electron chi connectivity index (χ1n) is 8.77. The summed E-state index contributed by atoms with van der Waals surface area (Å²) in [6.45, 7) is 3.45. The van der Waals surface area contributed by atoms with Crippen LogP contribution in [0.25, 0.3) is 0 Å². The van der Waals surface area contributed by atoms with Crippen molar-refractivity contribution in [1.29, 1.82) is 0 Å². The van der Waals surface area contributed by atoms with Gasteiger partial charge in [-0.2, -0.15) is 13.2 Å². The van der Waals surface area contributed by atoms with E-state index in [-0.39, 0.29) is 11.8 Å². The molecule has 0 radical (unpaired) electrons. The predicted octanol–water partition coefficient (Wildman–Crippen LogP) is 3.99. The van der Waals surface area contributed by atoms with E-state index in [9.17, 15) is 13.2 Å². The summed E-state index contributed by atoms with van der Waals surface area (Å²) in [5.74, 6) is 0.222. The standard InChI is InChI=1S/C20H23F3N2O/c1-14(20(21,22)23)26-17-8-6-15(7-9-17)12-25-19-13-24-11-10-16-4-2-3-5-18(16)19/h2-9,14,19,24-25H,10-13H2,1H3. The van der Waals surface area contributed by atoms with Crippen LogP contribution in [0.2, 0.25) is 0 Å². The summed E-state index contributed by atoms with van der Waals surface area (Å²) in [4.78, 5) is 0. The third-order valence-corrected chi connectivity index (χ3v) is 4.60. The number of halogens is 3. The fourth-order valence-corrected chi connectivity index (χ4v) is 3.06. The van der Waals surface area contributed by atoms with Gasteiger partial charge in [0, 0.05) is 19.1 Å². The molecular weight excluding hydrogens is 341 g/mol. The van der Waals surface area contributed by atoms with Gasteiger partial charge in [0.2, 0.25) is 0 Å². The molecule has 1 aliphatic rings. The Bertz CT molecular complexity index is 716. The Labute approximate surface area is 151 Å². The number of benzene rings is 2. The maximum absolute atomic E-state index is 12.6. The van der Waals surface area contributed by atoms with Crippen molar-refractivity contribution in [2.24, 2.45) is 0 Å². The highest BCUT2D eigenvalue weighted by Crippen LogP contribution is 2.25. The molecule has 0 aliphatic carbocycles. The quantitative estimate of drug-likeness (QED) is 0.842. The van der Waals surface area contributed by atoms with Crippen LogP contribution in [0.1, 0.15) is 29.7 Å². The zero-order valence-electron chi connectivity index (χ0n) is 14.6. The average Bonchev–Trinajstić information content (AvgIpc) is 2.82. The Balaban J connectivity index is 1.60. The average molecular weight is 364 g/mol. The zero-order valence-corrected chi connectivity index (χ0v) is 14.6. The molecule has 0 amide bonds. The van der Waals surface area contributed by atoms with Crippen LogP contribution in [0.3, 0.4) is 0 Å². The van der Waals surface area contributed by atoms with E-state index in [1.807, 2.05) is 6.07 Å². The highest BCUT2D eigenvalue weighted by molar-refractivity contribution is 5.32. The SMILES string of the molecule is CC(Oc1ccc(CNC2CNCCc3ccccc32)cc1)C(F)(F)F. The number of fused-ring (bicyclic) bond motifs is 1. The lowest BCUT2D eigenvalue weighted by atomic mass is 9.99. The number of hydrogen-bond donors (Lipinski definition) is 2. The molecule has 0 spiro atoms. The maximum atomic E-state index is 12.6. The number of rotatable bonds is 5. The molecule has 2 aromatic carbocycles. The van der Waals surface area contributed by atoms with Crippen molar-refractivity contribution in [2.75, 3.05) is 13.1 Å². The highest BCUT2D eigenvalue weighted by atomic mass is 19.4. The van der Waals surface area contributed by atoms with E-state index in [2.05, 4.69) is 28.8 Å². The van der Waals surface area contributed by atoms with E-state index in [0.717, 1.165) is 32.0 Å². The molecule has 0 fully saturated rings. The Morgan fingerprint density at radius 3 is 2.62 bits per heavy atom. The van der Waals surface area contributed by atoms with Gasteiger partial charge in [0.15, 0.2) is 6.10 Å². The molecule has 6 heteroatoms. The van der Waals surface area contributed by atoms with Crippen LogP contribution in [0.5, 0.6) is 5.75 Å². The molecule has 0 aromatic heterocycles. The van der Waals surface area contributed by atoms with E-state index >= 15 is 0 Å². The van der Waals surface area contributed by atoms with Crippen LogP contribution in [0.15, 0.2) is 48.5 Å². The van der Waals surface area contributed by atoms with Gasteiger partial charge in [0.05, 0.1) is 0 Å². The summed E-state index contributed by atoms with van der Waals surface area (Å²) in [5, 5.41) is 6.97. The Hall–Kier alpha value is -2.05. The van der Waals surface area contributed by atoms with E-state index in [1.165, 1.54) is 11.1 Å². The molecule has 1 aliphatic heterocycles. The van der Waals surface area contributed by atoms with Crippen molar-refractivity contribution >= 4 is 0 Å². The van der Waals surface area contributed by atoms with Gasteiger partial charge in [-0.05, 0) is 48.7 Å². The summed E-state index contributed by atoms with van der Waals surface area (Å²) in [6, 6.07) is 15.4. The summed E-state index contributed by atoms with van der Waals surface area (Å²) < 4.78 is 42.6. The van der Waals surface area contributed by atoms with Crippen molar-refractivity contribution in [3.63, 3.8) is 0 Å². The van der Waals surface area contributed by atoms with Crippen molar-refractivity contribution < 1.29 is 17.9 Å². The fourth-order valence-electron chi connectivity index (χ4n) is 3.06. The molecule has 3 rings (SSSR count). The summed E-state index contributed by atoms with van der Waals surface area (Å²) in [5.41, 5.74) is 3.65. The van der Waals surface area contributed by atoms with Gasteiger partial charge in [-0.15, -0.1) is 0 Å². The molecule has 26 heavy (non-hydrogen) atoms. The second-order valence-corrected chi connectivity index (χ2v) is 6.53. The third kappa shape index (κ3) is 4.77. The monoisotopic (exact) mass is 364 g/mol. The van der Waals surface area contributed by atoms with Gasteiger partial charge in [0.1, 0.15) is 5.75 Å². The second-order valence-electron chi connectivity index (χ2n) is 6.53. The molecule has 2 unspecified atom stereocenters. The maximum Gasteiger partial charge on any atom is 0.425 e. The molecule has 0 bridgehead atoms. The molecule has 140 valence electrons. The second kappa shape index (κ2) is 8.10. The van der Waals surface area contributed by atoms with Crippen LogP contribution in [-0.4, -0.2) is 25.4 Å². The Kier molecular flexibility index (Phi) is 5.84. The van der Waals surface area contributed by atoms with Gasteiger partial charge in [-0.1, -0.05) is 36.4 Å². The predicted molar refractivity (Wildman–Crippen MR) is 95.2 cm³/mol. The van der Waals surface area contributed by atoms with Crippen LogP contribution < -0.4 is 15.4 Å². The van der Waals surface area contributed by atoms with Crippen molar-refractivity contribution in [3.8, 4) is 5.75 Å². The fraction of sp³-hybridized carbons (Fsp3) is 0.400. The van der Waals surface area contributed by atoms with Gasteiger partial charge < -0.3 is 15.4 Å². The summed E-state index contributed by atoms with van der Waals surface area (Å²) in [6.07, 6.45) is -5.17. The lowest BCUT2D eigenvalue weighted by Gasteiger charge is -2.20. The van der Waals surface area contributed by atoms with E-state index in [0.29, 0.717) is 6.54 Å². The largest absolute Gasteiger partial charge is 0.481 e. The van der Waals surface area contributed by atoms with Crippen LogP contribution in [0, 0.1) is 0 Å². The van der Waals surface area contributed by atoms with Crippen LogP contribution in [0.4, 0.5) is 13.2 Å². The van der Waals surface area contributed by atoms with Crippen molar-refractivity contribution in [3.05, 3.63) is 65.2 Å². The lowest BCUT2D eigenvalue weighted by molar-refractivity contribution is -0.189. The summed E-state index contributed by atoms with van der Waals surface area (Å²) in [7, 11) is 0. The molecular formula is C20H23F3N2O. The number of alkyl halides is 3. The van der Waals surface area contributed by atoms with Crippen LogP contribution in [-0.2, 0) is 13.0 Å². The van der Waals surface area contributed by atoms with Gasteiger partial charge in [0.25, 0.3) is 0 Å². The minimum Gasteiger partial charge on any atom is -0.481 e. The van der Waals surface area contributed by atoms with Crippen molar-refractivity contribution in [1.82, 2.24) is 10.6 Å². The third-order valence-electron chi connectivity index (χ3n) is 4.60. The number of nitrogens with one attached hydrogen (secondary N) is 2. The minimum absolute atomic E-state index is 0.204. The molecule has 0 saturated carbocycles. The van der Waals surface area contributed by atoms with E-state index < -0.39 is 12.3 Å². The first kappa shape index (κ1) is 18.7. The summed E-state index contributed by atoms with van der Waals surface area (Å²) >= 11 is 0. The van der Waals surface area contributed by atoms with Gasteiger partial charge in [-0.3, -0.25) is 0 Å². The topological polar surface area (TPSA) is 33.3 Å². The van der Waals surface area contributed by atoms with Crippen molar-refractivity contribution in [2.45, 2.75) is 38.2 Å². The van der Waals surface area contributed by atoms with E-state index in [1.54, 1.807) is 24.3 Å². The zero-order chi connectivity index (χ0) is 18.6. The number of hydrogen-bond acceptors (Lipinski definition) is 3. The molecule has 0 saturated heterocycles. The van der Waals surface area contributed by atoms with Gasteiger partial charge >= 0.3 is 6.18 Å². The van der Waals surface area contributed by atoms with Gasteiger partial charge in [-0.25, -0.2) is 0 Å². The van der Waals surface area contributed by atoms with Crippen LogP contribution >= 0.6 is 0 Å². The Morgan fingerprint density at radius 2 is 1.88 bits per heavy atom. The minimum atomic E-state index is -4.36. The molecule has 3 nitrogen and oxygen atoms in total. The highest BCUT2D eigenvalue weighted by Gasteiger charge is 2.38. The number of ether oxygens (including phenoxy) is 1. The molecule has 2 aromatic rings. The molecule has 2 atom stereocenters. The smallest absolute Gasteiger partial charge is 0.425 e. The Morgan fingerprint density at radius 1 is 1.15 bits per heavy atom. The van der Waals surface area contributed by atoms with E-state index in [4.69, 9.17) is 4.74 Å².